The Hall–Kier alpha value is -1.67. The number of carbonyl (C=O) groups excluding carboxylic acids is 1. The Balaban J connectivity index is 1.18. The van der Waals surface area contributed by atoms with E-state index in [4.69, 9.17) is 28.9 Å². The number of rotatable bonds is 12. The number of primary amides is 1. The van der Waals surface area contributed by atoms with Gasteiger partial charge in [0.2, 0.25) is 5.91 Å². The molecule has 0 radical (unpaired) electrons. The number of amides is 1. The van der Waals surface area contributed by atoms with E-state index in [2.05, 4.69) is 45.3 Å². The Morgan fingerprint density at radius 3 is 1.74 bits per heavy atom. The summed E-state index contributed by atoms with van der Waals surface area (Å²) in [7, 11) is 2.06. The lowest BCUT2D eigenvalue weighted by atomic mass is 9.78. The van der Waals surface area contributed by atoms with Gasteiger partial charge >= 0.3 is 0 Å². The molecule has 0 atom stereocenters. The van der Waals surface area contributed by atoms with Crippen molar-refractivity contribution in [2.75, 3.05) is 59.4 Å². The zero-order valence-electron chi connectivity index (χ0n) is 26.0. The highest BCUT2D eigenvalue weighted by molar-refractivity contribution is 6.35. The molecule has 2 aromatic rings. The fourth-order valence-corrected chi connectivity index (χ4v) is 8.22. The average molecular weight is 629 g/mol. The molecule has 0 aliphatic carbocycles. The molecule has 236 valence electrons. The second kappa shape index (κ2) is 16.1. The minimum Gasteiger partial charge on any atom is -0.370 e. The van der Waals surface area contributed by atoms with Gasteiger partial charge in [-0.3, -0.25) is 14.6 Å². The minimum atomic E-state index is -0.182. The first kappa shape index (κ1) is 32.7. The summed E-state index contributed by atoms with van der Waals surface area (Å²) < 4.78 is 0. The van der Waals surface area contributed by atoms with E-state index in [0.29, 0.717) is 16.5 Å². The predicted molar refractivity (Wildman–Crippen MR) is 179 cm³/mol. The molecule has 3 N–H and O–H groups in total. The third kappa shape index (κ3) is 9.91. The number of piperidine rings is 3. The highest BCUT2D eigenvalue weighted by Crippen LogP contribution is 2.34. The van der Waals surface area contributed by atoms with E-state index in [1.54, 1.807) is 0 Å². The average Bonchev–Trinajstić information content (AvgIpc) is 2.98. The molecule has 0 bridgehead atoms. The van der Waals surface area contributed by atoms with E-state index < -0.39 is 0 Å². The molecule has 3 fully saturated rings. The van der Waals surface area contributed by atoms with E-state index in [9.17, 15) is 4.79 Å². The largest absolute Gasteiger partial charge is 0.370 e. The van der Waals surface area contributed by atoms with Crippen LogP contribution in [-0.2, 0) is 17.9 Å². The topological polar surface area (TPSA) is 64.8 Å². The van der Waals surface area contributed by atoms with Crippen molar-refractivity contribution in [3.63, 3.8) is 0 Å². The standard InChI is InChI=1S/C35H51Cl2N5O/c1-39-23-26-4-11-41(12-5-26)24-27-17-28(19-31(18-27)32-20-33(36)22-34(37)21-32)25-42-15-8-30(9-16-42)29-6-13-40(14-7-29)10-2-3-35(38)43/h17-22,26,29-30,39H,2-16,23-25H2,1H3,(H2,38,43). The molecule has 0 spiro atoms. The maximum Gasteiger partial charge on any atom is 0.217 e. The van der Waals surface area contributed by atoms with Crippen LogP contribution < -0.4 is 11.1 Å². The van der Waals surface area contributed by atoms with Crippen molar-refractivity contribution in [1.29, 1.82) is 0 Å². The molecule has 0 saturated carbocycles. The quantitative estimate of drug-likeness (QED) is 0.290. The molecular formula is C35H51Cl2N5O. The van der Waals surface area contributed by atoms with Gasteiger partial charge in [-0.25, -0.2) is 0 Å². The first-order valence-electron chi connectivity index (χ1n) is 16.5. The number of hydrogen-bond acceptors (Lipinski definition) is 5. The Morgan fingerprint density at radius 2 is 1.23 bits per heavy atom. The van der Waals surface area contributed by atoms with Gasteiger partial charge in [0.15, 0.2) is 0 Å². The molecule has 6 nitrogen and oxygen atoms in total. The van der Waals surface area contributed by atoms with Gasteiger partial charge in [0, 0.05) is 29.6 Å². The van der Waals surface area contributed by atoms with Crippen LogP contribution in [0.4, 0.5) is 0 Å². The van der Waals surface area contributed by atoms with E-state index in [1.807, 2.05) is 18.2 Å². The summed E-state index contributed by atoms with van der Waals surface area (Å²) in [6.45, 7) is 11.1. The van der Waals surface area contributed by atoms with E-state index in [0.717, 1.165) is 69.0 Å². The Morgan fingerprint density at radius 1 is 0.744 bits per heavy atom. The molecule has 3 aliphatic heterocycles. The van der Waals surface area contributed by atoms with E-state index >= 15 is 0 Å². The van der Waals surface area contributed by atoms with Gasteiger partial charge in [-0.15, -0.1) is 0 Å². The van der Waals surface area contributed by atoms with Gasteiger partial charge in [-0.05, 0) is 175 Å². The van der Waals surface area contributed by atoms with E-state index in [-0.39, 0.29) is 5.91 Å². The van der Waals surface area contributed by atoms with Crippen molar-refractivity contribution >= 4 is 29.1 Å². The lowest BCUT2D eigenvalue weighted by Gasteiger charge is -2.40. The zero-order valence-corrected chi connectivity index (χ0v) is 27.5. The van der Waals surface area contributed by atoms with Gasteiger partial charge in [-0.1, -0.05) is 29.3 Å². The molecule has 3 heterocycles. The molecule has 8 heteroatoms. The third-order valence-corrected chi connectivity index (χ3v) is 10.5. The Bertz CT molecular complexity index is 1160. The summed E-state index contributed by atoms with van der Waals surface area (Å²) in [5.41, 5.74) is 10.4. The maximum absolute atomic E-state index is 11.1. The molecule has 2 aromatic carbocycles. The van der Waals surface area contributed by atoms with Crippen LogP contribution >= 0.6 is 23.2 Å². The second-order valence-electron chi connectivity index (χ2n) is 13.3. The van der Waals surface area contributed by atoms with Crippen LogP contribution in [0.25, 0.3) is 11.1 Å². The van der Waals surface area contributed by atoms with Gasteiger partial charge < -0.3 is 16.0 Å². The number of nitrogens with two attached hydrogens (primary N) is 1. The summed E-state index contributed by atoms with van der Waals surface area (Å²) in [5, 5.41) is 4.72. The number of hydrogen-bond donors (Lipinski definition) is 2. The summed E-state index contributed by atoms with van der Waals surface area (Å²) in [4.78, 5) is 18.9. The van der Waals surface area contributed by atoms with Crippen LogP contribution in [-0.4, -0.2) is 80.0 Å². The number of nitrogens with zero attached hydrogens (tertiary/aromatic N) is 3. The summed E-state index contributed by atoms with van der Waals surface area (Å²) in [5.74, 6) is 2.29. The normalized spacial score (nSPS) is 20.5. The minimum absolute atomic E-state index is 0.182. The zero-order chi connectivity index (χ0) is 30.2. The number of benzene rings is 2. The molecule has 5 rings (SSSR count). The van der Waals surface area contributed by atoms with Crippen molar-refractivity contribution in [2.24, 2.45) is 23.5 Å². The van der Waals surface area contributed by atoms with Crippen LogP contribution in [0, 0.1) is 17.8 Å². The third-order valence-electron chi connectivity index (χ3n) is 10.1. The van der Waals surface area contributed by atoms with Crippen LogP contribution in [0.5, 0.6) is 0 Å². The fraction of sp³-hybridized carbons (Fsp3) is 0.629. The van der Waals surface area contributed by atoms with Crippen molar-refractivity contribution in [3.8, 4) is 11.1 Å². The van der Waals surface area contributed by atoms with Crippen LogP contribution in [0.15, 0.2) is 36.4 Å². The van der Waals surface area contributed by atoms with Gasteiger partial charge in [0.25, 0.3) is 0 Å². The molecule has 0 unspecified atom stereocenters. The van der Waals surface area contributed by atoms with Crippen molar-refractivity contribution in [3.05, 3.63) is 57.6 Å². The lowest BCUT2D eigenvalue weighted by molar-refractivity contribution is -0.118. The SMILES string of the molecule is CNCC1CCN(Cc2cc(CN3CCC(C4CCN(CCCC(N)=O)CC4)CC3)cc(-c3cc(Cl)cc(Cl)c3)c2)CC1. The Kier molecular flexibility index (Phi) is 12.2. The summed E-state index contributed by atoms with van der Waals surface area (Å²) >= 11 is 12.8. The Labute approximate surface area is 269 Å². The van der Waals surface area contributed by atoms with Gasteiger partial charge in [-0.2, -0.15) is 0 Å². The van der Waals surface area contributed by atoms with Crippen molar-refractivity contribution < 1.29 is 4.79 Å². The fourth-order valence-electron chi connectivity index (χ4n) is 7.69. The predicted octanol–water partition coefficient (Wildman–Crippen LogP) is 6.28. The first-order chi connectivity index (χ1) is 20.8. The van der Waals surface area contributed by atoms with Crippen LogP contribution in [0.2, 0.25) is 10.0 Å². The number of carbonyl (C=O) groups is 1. The van der Waals surface area contributed by atoms with Crippen LogP contribution in [0.3, 0.4) is 0 Å². The maximum atomic E-state index is 11.1. The van der Waals surface area contributed by atoms with E-state index in [1.165, 1.54) is 81.4 Å². The molecule has 1 amide bonds. The molecule has 0 aromatic heterocycles. The van der Waals surface area contributed by atoms with Gasteiger partial charge in [0.05, 0.1) is 0 Å². The van der Waals surface area contributed by atoms with Crippen LogP contribution in [0.1, 0.15) is 62.5 Å². The second-order valence-corrected chi connectivity index (χ2v) is 14.2. The molecule has 3 saturated heterocycles. The number of halogens is 2. The highest BCUT2D eigenvalue weighted by Gasteiger charge is 2.29. The highest BCUT2D eigenvalue weighted by atomic mass is 35.5. The number of nitrogens with one attached hydrogen (secondary N) is 1. The van der Waals surface area contributed by atoms with Crippen molar-refractivity contribution in [2.45, 2.75) is 64.5 Å². The van der Waals surface area contributed by atoms with Crippen molar-refractivity contribution in [1.82, 2.24) is 20.0 Å². The number of likely N-dealkylation sites (tertiary alicyclic amines) is 3. The monoisotopic (exact) mass is 627 g/mol. The van der Waals surface area contributed by atoms with Gasteiger partial charge in [0.1, 0.15) is 0 Å². The molecular weight excluding hydrogens is 577 g/mol. The summed E-state index contributed by atoms with van der Waals surface area (Å²) in [6.07, 6.45) is 9.10. The lowest BCUT2D eigenvalue weighted by Crippen LogP contribution is -2.41. The summed E-state index contributed by atoms with van der Waals surface area (Å²) in [6, 6.07) is 13.0. The smallest absolute Gasteiger partial charge is 0.217 e. The molecule has 3 aliphatic rings. The molecule has 43 heavy (non-hydrogen) atoms. The first-order valence-corrected chi connectivity index (χ1v) is 17.3.